The Morgan fingerprint density at radius 1 is 1.35 bits per heavy atom. The average molecular weight is 313 g/mol. The number of H-pyrrole nitrogens is 1. The number of aliphatic hydroxyl groups is 1. The predicted octanol–water partition coefficient (Wildman–Crippen LogP) is 0.882. The van der Waals surface area contributed by atoms with Gasteiger partial charge < -0.3 is 15.4 Å². The summed E-state index contributed by atoms with van der Waals surface area (Å²) in [5.41, 5.74) is 0.973. The van der Waals surface area contributed by atoms with Gasteiger partial charge in [0.15, 0.2) is 0 Å². The molecule has 6 nitrogen and oxygen atoms in total. The Kier molecular flexibility index (Phi) is 4.52. The Bertz CT molecular complexity index is 703. The highest BCUT2D eigenvalue weighted by atomic mass is 16.3. The van der Waals surface area contributed by atoms with Crippen molar-refractivity contribution in [3.63, 3.8) is 0 Å². The third-order valence-electron chi connectivity index (χ3n) is 4.24. The molecule has 1 aromatic heterocycles. The standard InChI is InChI=1S/C17H19N3O3/c21-13-7-12(8-13)14(6-11-4-2-1-3-5-11)20-17(23)15-9-19-16(22)10-18-15/h1-5,9-10,12-14,21H,6-8H2,(H,19,22)(H,20,23)/t12?,13?,14-/m0/s1. The van der Waals surface area contributed by atoms with Gasteiger partial charge in [0.25, 0.3) is 11.5 Å². The molecular weight excluding hydrogens is 294 g/mol. The number of hydrogen-bond acceptors (Lipinski definition) is 4. The summed E-state index contributed by atoms with van der Waals surface area (Å²) in [7, 11) is 0. The lowest BCUT2D eigenvalue weighted by molar-refractivity contribution is 0.0238. The Balaban J connectivity index is 1.71. The van der Waals surface area contributed by atoms with Crippen LogP contribution in [0.5, 0.6) is 0 Å². The molecule has 1 aliphatic rings. The van der Waals surface area contributed by atoms with E-state index in [1.165, 1.54) is 6.20 Å². The van der Waals surface area contributed by atoms with Gasteiger partial charge in [-0.1, -0.05) is 30.3 Å². The number of carbonyl (C=O) groups excluding carboxylic acids is 1. The van der Waals surface area contributed by atoms with Crippen LogP contribution in [0.25, 0.3) is 0 Å². The van der Waals surface area contributed by atoms with Crippen LogP contribution < -0.4 is 10.9 Å². The lowest BCUT2D eigenvalue weighted by Crippen LogP contribution is -2.48. The van der Waals surface area contributed by atoms with Crippen molar-refractivity contribution in [3.05, 3.63) is 64.3 Å². The van der Waals surface area contributed by atoms with Crippen LogP contribution in [0.1, 0.15) is 28.9 Å². The van der Waals surface area contributed by atoms with Crippen LogP contribution in [0.3, 0.4) is 0 Å². The van der Waals surface area contributed by atoms with Gasteiger partial charge in [0.1, 0.15) is 5.69 Å². The second-order valence-corrected chi connectivity index (χ2v) is 5.95. The number of nitrogens with zero attached hydrogens (tertiary/aromatic N) is 1. The Hall–Kier alpha value is -2.47. The number of hydrogen-bond donors (Lipinski definition) is 3. The number of aliphatic hydroxyl groups excluding tert-OH is 1. The SMILES string of the molecule is O=C(N[C@@H](Cc1ccccc1)C1CC(O)C1)c1c[nH]c(=O)cn1. The molecule has 6 heteroatoms. The Morgan fingerprint density at radius 3 is 2.70 bits per heavy atom. The Labute approximate surface area is 133 Å². The minimum absolute atomic E-state index is 0.0676. The first-order valence-corrected chi connectivity index (χ1v) is 7.69. The Morgan fingerprint density at radius 2 is 2.09 bits per heavy atom. The first kappa shape index (κ1) is 15.4. The number of carbonyl (C=O) groups is 1. The van der Waals surface area contributed by atoms with E-state index in [1.54, 1.807) is 0 Å². The van der Waals surface area contributed by atoms with Crippen LogP contribution in [-0.2, 0) is 6.42 Å². The van der Waals surface area contributed by atoms with E-state index in [4.69, 9.17) is 0 Å². The van der Waals surface area contributed by atoms with Crippen LogP contribution >= 0.6 is 0 Å². The maximum Gasteiger partial charge on any atom is 0.271 e. The molecule has 0 radical (unpaired) electrons. The minimum Gasteiger partial charge on any atom is -0.393 e. The summed E-state index contributed by atoms with van der Waals surface area (Å²) in [6.45, 7) is 0. The molecule has 120 valence electrons. The van der Waals surface area contributed by atoms with Crippen LogP contribution in [0.4, 0.5) is 0 Å². The molecule has 0 saturated heterocycles. The molecular formula is C17H19N3O3. The van der Waals surface area contributed by atoms with Gasteiger partial charge in [-0.05, 0) is 30.7 Å². The smallest absolute Gasteiger partial charge is 0.271 e. The highest BCUT2D eigenvalue weighted by Gasteiger charge is 2.35. The third-order valence-corrected chi connectivity index (χ3v) is 4.24. The summed E-state index contributed by atoms with van der Waals surface area (Å²) < 4.78 is 0. The lowest BCUT2D eigenvalue weighted by Gasteiger charge is -2.38. The second-order valence-electron chi connectivity index (χ2n) is 5.95. The zero-order chi connectivity index (χ0) is 16.2. The largest absolute Gasteiger partial charge is 0.393 e. The van der Waals surface area contributed by atoms with Crippen molar-refractivity contribution in [2.45, 2.75) is 31.4 Å². The van der Waals surface area contributed by atoms with E-state index < -0.39 is 0 Å². The maximum atomic E-state index is 12.3. The van der Waals surface area contributed by atoms with Crippen LogP contribution in [-0.4, -0.2) is 33.1 Å². The molecule has 0 bridgehead atoms. The van der Waals surface area contributed by atoms with Gasteiger partial charge in [-0.2, -0.15) is 0 Å². The van der Waals surface area contributed by atoms with Crippen molar-refractivity contribution in [2.24, 2.45) is 5.92 Å². The monoisotopic (exact) mass is 313 g/mol. The van der Waals surface area contributed by atoms with Gasteiger partial charge in [0.2, 0.25) is 0 Å². The quantitative estimate of drug-likeness (QED) is 0.763. The zero-order valence-corrected chi connectivity index (χ0v) is 12.6. The van der Waals surface area contributed by atoms with E-state index in [1.807, 2.05) is 30.3 Å². The minimum atomic E-state index is -0.343. The van der Waals surface area contributed by atoms with E-state index in [-0.39, 0.29) is 35.2 Å². The fourth-order valence-corrected chi connectivity index (χ4v) is 2.87. The number of nitrogens with one attached hydrogen (secondary N) is 2. The maximum absolute atomic E-state index is 12.3. The topological polar surface area (TPSA) is 95.1 Å². The summed E-state index contributed by atoms with van der Waals surface area (Å²) >= 11 is 0. The van der Waals surface area contributed by atoms with E-state index in [0.29, 0.717) is 19.3 Å². The van der Waals surface area contributed by atoms with Crippen LogP contribution in [0, 0.1) is 5.92 Å². The second kappa shape index (κ2) is 6.75. The molecule has 0 unspecified atom stereocenters. The normalized spacial score (nSPS) is 21.3. The zero-order valence-electron chi connectivity index (χ0n) is 12.6. The van der Waals surface area contributed by atoms with Crippen LogP contribution in [0.2, 0.25) is 0 Å². The number of aromatic nitrogens is 2. The fraction of sp³-hybridized carbons (Fsp3) is 0.353. The van der Waals surface area contributed by atoms with Gasteiger partial charge in [0.05, 0.1) is 12.3 Å². The molecule has 0 aliphatic heterocycles. The molecule has 23 heavy (non-hydrogen) atoms. The number of amides is 1. The van der Waals surface area contributed by atoms with E-state index in [0.717, 1.165) is 11.8 Å². The first-order valence-electron chi connectivity index (χ1n) is 7.69. The van der Waals surface area contributed by atoms with Crippen molar-refractivity contribution >= 4 is 5.91 Å². The number of benzene rings is 1. The van der Waals surface area contributed by atoms with Crippen molar-refractivity contribution in [1.82, 2.24) is 15.3 Å². The van der Waals surface area contributed by atoms with Crippen LogP contribution in [0.15, 0.2) is 47.5 Å². The lowest BCUT2D eigenvalue weighted by atomic mass is 9.75. The molecule has 1 fully saturated rings. The molecule has 0 spiro atoms. The molecule has 2 aromatic rings. The van der Waals surface area contributed by atoms with Crippen molar-refractivity contribution in [2.75, 3.05) is 0 Å². The summed E-state index contributed by atoms with van der Waals surface area (Å²) in [6, 6.07) is 9.86. The highest BCUT2D eigenvalue weighted by molar-refractivity contribution is 5.92. The molecule has 1 atom stereocenters. The fourth-order valence-electron chi connectivity index (χ4n) is 2.87. The summed E-state index contributed by atoms with van der Waals surface area (Å²) in [5.74, 6) is -0.0690. The highest BCUT2D eigenvalue weighted by Crippen LogP contribution is 2.31. The van der Waals surface area contributed by atoms with Crippen molar-refractivity contribution < 1.29 is 9.90 Å². The molecule has 3 rings (SSSR count). The molecule has 1 saturated carbocycles. The van der Waals surface area contributed by atoms with Gasteiger partial charge in [-0.15, -0.1) is 0 Å². The average Bonchev–Trinajstić information content (AvgIpc) is 2.53. The number of rotatable bonds is 5. The van der Waals surface area contributed by atoms with Crippen molar-refractivity contribution in [1.29, 1.82) is 0 Å². The summed E-state index contributed by atoms with van der Waals surface area (Å²) in [5, 5.41) is 12.5. The van der Waals surface area contributed by atoms with Gasteiger partial charge in [0, 0.05) is 12.2 Å². The summed E-state index contributed by atoms with van der Waals surface area (Å²) in [6.07, 6.45) is 4.21. The van der Waals surface area contributed by atoms with Gasteiger partial charge in [-0.3, -0.25) is 9.59 Å². The van der Waals surface area contributed by atoms with E-state index >= 15 is 0 Å². The molecule has 1 aliphatic carbocycles. The molecule has 1 heterocycles. The number of aromatic amines is 1. The first-order chi connectivity index (χ1) is 11.1. The predicted molar refractivity (Wildman–Crippen MR) is 85.0 cm³/mol. The third kappa shape index (κ3) is 3.84. The van der Waals surface area contributed by atoms with E-state index in [9.17, 15) is 14.7 Å². The van der Waals surface area contributed by atoms with Crippen molar-refractivity contribution in [3.8, 4) is 0 Å². The van der Waals surface area contributed by atoms with E-state index in [2.05, 4.69) is 15.3 Å². The summed E-state index contributed by atoms with van der Waals surface area (Å²) in [4.78, 5) is 29.7. The van der Waals surface area contributed by atoms with Gasteiger partial charge in [-0.25, -0.2) is 4.98 Å². The molecule has 3 N–H and O–H groups in total. The van der Waals surface area contributed by atoms with Gasteiger partial charge >= 0.3 is 0 Å². The molecule has 1 amide bonds. The molecule has 1 aromatic carbocycles.